The zero-order valence-electron chi connectivity index (χ0n) is 15.3. The number of benzene rings is 2. The molecule has 0 saturated carbocycles. The van der Waals surface area contributed by atoms with Crippen molar-refractivity contribution in [2.24, 2.45) is 5.73 Å². The van der Waals surface area contributed by atoms with Crippen LogP contribution in [0.1, 0.15) is 22.8 Å². The molecule has 0 radical (unpaired) electrons. The van der Waals surface area contributed by atoms with Crippen LogP contribution in [0, 0.1) is 17.0 Å². The summed E-state index contributed by atoms with van der Waals surface area (Å²) in [7, 11) is -10.7. The van der Waals surface area contributed by atoms with Gasteiger partial charge in [-0.05, 0) is 43.3 Å². The summed E-state index contributed by atoms with van der Waals surface area (Å²) >= 11 is 6.19. The quantitative estimate of drug-likeness (QED) is 0.160. The van der Waals surface area contributed by atoms with Gasteiger partial charge in [0.25, 0.3) is 5.91 Å². The molecule has 0 aliphatic heterocycles. The Morgan fingerprint density at radius 3 is 1.58 bits per heavy atom. The van der Waals surface area contributed by atoms with Gasteiger partial charge in [-0.1, -0.05) is 31.9 Å². The summed E-state index contributed by atoms with van der Waals surface area (Å²) in [6.07, 6.45) is 0. The normalized spacial score (nSPS) is 12.7. The zero-order chi connectivity index (χ0) is 24.7. The molecule has 1 amide bonds. The van der Waals surface area contributed by atoms with Crippen molar-refractivity contribution < 1.29 is 43.5 Å². The third kappa shape index (κ3) is 15.6. The fourth-order valence-electron chi connectivity index (χ4n) is 1.59. The van der Waals surface area contributed by atoms with Crippen molar-refractivity contribution in [3.8, 4) is 0 Å². The van der Waals surface area contributed by atoms with Crippen molar-refractivity contribution in [1.82, 2.24) is 0 Å². The molecule has 0 spiro atoms. The van der Waals surface area contributed by atoms with Gasteiger partial charge in [-0.2, -0.15) is 0 Å². The fourth-order valence-corrected chi connectivity index (χ4v) is 2.25. The number of ether oxygens (including phenoxy) is 1. The molecule has 2 aromatic carbocycles. The number of rotatable bonds is 3. The van der Waals surface area contributed by atoms with Gasteiger partial charge in [0.1, 0.15) is 11.6 Å². The predicted octanol–water partition coefficient (Wildman–Crippen LogP) is 8.02. The van der Waals surface area contributed by atoms with E-state index in [1.807, 2.05) is 0 Å². The molecule has 2 aromatic rings. The Balaban J connectivity index is 0.000000457. The largest absolute Gasteiger partial charge is 0.366 e. The Labute approximate surface area is 187 Å². The Morgan fingerprint density at radius 1 is 0.935 bits per heavy atom. The number of hydrogen-bond acceptors (Lipinski definition) is 3. The van der Waals surface area contributed by atoms with E-state index in [2.05, 4.69) is 31.9 Å². The maximum atomic E-state index is 13.2. The van der Waals surface area contributed by atoms with Crippen molar-refractivity contribution in [3.63, 3.8) is 0 Å². The Morgan fingerprint density at radius 2 is 1.29 bits per heavy atom. The summed E-state index contributed by atoms with van der Waals surface area (Å²) in [5.41, 5.74) is 4.97. The van der Waals surface area contributed by atoms with Crippen molar-refractivity contribution in [2.75, 3.05) is 6.61 Å². The first-order chi connectivity index (χ1) is 13.7. The molecule has 0 aliphatic rings. The monoisotopic (exact) mass is 607 g/mol. The van der Waals surface area contributed by atoms with Crippen molar-refractivity contribution in [3.05, 3.63) is 68.1 Å². The molecule has 4 nitrogen and oxygen atoms in total. The first kappa shape index (κ1) is 29.2. The molecule has 0 fully saturated rings. The number of primary amides is 1. The van der Waals surface area contributed by atoms with E-state index in [1.54, 1.807) is 19.1 Å². The van der Waals surface area contributed by atoms with Crippen LogP contribution in [-0.2, 0) is 4.74 Å². The molecule has 0 bridgehead atoms. The molecule has 15 heteroatoms. The molecule has 176 valence electrons. The van der Waals surface area contributed by atoms with Crippen LogP contribution in [0.4, 0.5) is 34.0 Å². The van der Waals surface area contributed by atoms with Crippen LogP contribution < -0.4 is 5.73 Å². The molecule has 0 unspecified atom stereocenters. The number of carbonyl (C=O) groups excluding carboxylic acids is 1. The van der Waals surface area contributed by atoms with Gasteiger partial charge in [-0.25, -0.2) is 8.78 Å². The molecule has 0 heterocycles. The van der Waals surface area contributed by atoms with Crippen LogP contribution in [0.5, 0.6) is 0 Å². The van der Waals surface area contributed by atoms with Crippen molar-refractivity contribution in [2.45, 2.75) is 6.92 Å². The second kappa shape index (κ2) is 10.2. The number of carbonyl (C=O) groups is 1. The van der Waals surface area contributed by atoms with E-state index in [4.69, 9.17) is 15.9 Å². The molecular weight excluding hydrogens is 595 g/mol. The fraction of sp³-hybridized carbons (Fsp3) is 0.125. The van der Waals surface area contributed by atoms with Crippen molar-refractivity contribution in [1.29, 1.82) is 5.41 Å². The molecule has 3 N–H and O–H groups in total. The maximum Gasteiger partial charge on any atom is 0.251 e. The summed E-state index contributed by atoms with van der Waals surface area (Å²) in [5, 5.41) is 7.36. The van der Waals surface area contributed by atoms with Gasteiger partial charge >= 0.3 is 33.0 Å². The number of amides is 1. The second-order valence-electron chi connectivity index (χ2n) is 5.33. The maximum absolute atomic E-state index is 13.2. The van der Waals surface area contributed by atoms with Crippen LogP contribution >= 0.6 is 39.7 Å². The Bertz CT molecular complexity index is 945. The summed E-state index contributed by atoms with van der Waals surface area (Å²) in [5.74, 6) is -1.94. The number of halogens is 10. The van der Waals surface area contributed by atoms with Gasteiger partial charge in [0, 0.05) is 8.95 Å². The topological polar surface area (TPSA) is 76.2 Å². The van der Waals surface area contributed by atoms with Crippen LogP contribution in [0.15, 0.2) is 45.3 Å². The van der Waals surface area contributed by atoms with Gasteiger partial charge in [0.15, 0.2) is 0 Å². The zero-order valence-corrected chi connectivity index (χ0v) is 19.4. The van der Waals surface area contributed by atoms with Crippen LogP contribution in [0.3, 0.4) is 0 Å². The average molecular weight is 609 g/mol. The van der Waals surface area contributed by atoms with E-state index in [9.17, 15) is 38.8 Å². The minimum Gasteiger partial charge on any atom is -0.366 e. The van der Waals surface area contributed by atoms with Crippen molar-refractivity contribution >= 4 is 51.5 Å². The van der Waals surface area contributed by atoms with E-state index >= 15 is 0 Å². The summed E-state index contributed by atoms with van der Waals surface area (Å²) in [6.45, 7) is 2.12. The number of nitrogens with one attached hydrogen (secondary N) is 1. The average Bonchev–Trinajstić information content (AvgIpc) is 2.52. The molecule has 0 saturated heterocycles. The first-order valence-corrected chi connectivity index (χ1v) is 11.3. The van der Waals surface area contributed by atoms with Crippen LogP contribution in [-0.4, -0.2) is 18.4 Å². The van der Waals surface area contributed by atoms with Crippen LogP contribution in [0.2, 0.25) is 0 Å². The molecule has 2 rings (SSSR count). The van der Waals surface area contributed by atoms with Gasteiger partial charge in [0.2, 0.25) is 5.90 Å². The predicted molar refractivity (Wildman–Crippen MR) is 109 cm³/mol. The van der Waals surface area contributed by atoms with Gasteiger partial charge < -0.3 is 10.5 Å². The second-order valence-corrected chi connectivity index (χ2v) is 9.08. The molecular formula is C16H14Br2F8N2O2P-. The van der Waals surface area contributed by atoms with Gasteiger partial charge in [-0.15, -0.1) is 0 Å². The van der Waals surface area contributed by atoms with Gasteiger partial charge in [-0.3, -0.25) is 10.2 Å². The van der Waals surface area contributed by atoms with E-state index < -0.39 is 25.4 Å². The molecule has 31 heavy (non-hydrogen) atoms. The number of nitrogens with two attached hydrogens (primary N) is 1. The molecule has 0 aromatic heterocycles. The Kier molecular flexibility index (Phi) is 9.63. The minimum absolute atomic E-state index is 0.0896. The third-order valence-corrected chi connectivity index (χ3v) is 3.65. The van der Waals surface area contributed by atoms with E-state index in [-0.39, 0.29) is 17.0 Å². The number of hydrogen-bond donors (Lipinski definition) is 2. The first-order valence-electron chi connectivity index (χ1n) is 7.69. The van der Waals surface area contributed by atoms with Gasteiger partial charge in [0.05, 0.1) is 17.7 Å². The third-order valence-electron chi connectivity index (χ3n) is 2.66. The summed E-state index contributed by atoms with van der Waals surface area (Å²) in [6, 6.07) is 8.58. The molecule has 0 atom stereocenters. The Hall–Kier alpha value is -1.79. The SMILES string of the molecule is CCOC(=N)c1ccc(Br)cc1F.F[P-](F)(F)(F)(F)F.NC(=O)c1ccc(Br)cc1F. The molecule has 0 aliphatic carbocycles. The summed E-state index contributed by atoms with van der Waals surface area (Å²) < 4.78 is 91.2. The standard InChI is InChI=1S/C9H9BrFNO.C7H5BrFNO.F6P/c1-2-13-9(12)7-4-3-6(10)5-8(7)11;8-4-1-2-5(7(10)11)6(9)3-4;1-7(2,3,4,5)6/h3-5,12H,2H2,1H3;1-3H,(H2,10,11);/q;;-1. The summed E-state index contributed by atoms with van der Waals surface area (Å²) in [4.78, 5) is 10.5. The smallest absolute Gasteiger partial charge is 0.251 e. The van der Waals surface area contributed by atoms with Crippen LogP contribution in [0.25, 0.3) is 0 Å². The van der Waals surface area contributed by atoms with E-state index in [1.165, 1.54) is 24.3 Å². The van der Waals surface area contributed by atoms with E-state index in [0.717, 1.165) is 0 Å². The van der Waals surface area contributed by atoms with E-state index in [0.29, 0.717) is 15.6 Å². The minimum atomic E-state index is -10.7.